The van der Waals surface area contributed by atoms with E-state index in [1.165, 1.54) is 0 Å². The van der Waals surface area contributed by atoms with Crippen LogP contribution in [0.3, 0.4) is 0 Å². The SMILES string of the molecule is CCC(C)(C)OC1CC(C)(C)N(CCOC(=O)CCC(=O)C(C)(CC)CC)C(C)(C)C1. The number of nitrogens with zero attached hydrogens (tertiary/aromatic N) is 1. The number of hydrogen-bond acceptors (Lipinski definition) is 5. The molecule has 0 unspecified atom stereocenters. The molecule has 5 heteroatoms. The van der Waals surface area contributed by atoms with E-state index in [1.807, 2.05) is 20.8 Å². The summed E-state index contributed by atoms with van der Waals surface area (Å²) in [6.45, 7) is 22.6. The van der Waals surface area contributed by atoms with Crippen LogP contribution in [-0.4, -0.2) is 52.6 Å². The highest BCUT2D eigenvalue weighted by Gasteiger charge is 2.46. The van der Waals surface area contributed by atoms with Gasteiger partial charge in [0.05, 0.1) is 18.1 Å². The van der Waals surface area contributed by atoms with E-state index in [9.17, 15) is 9.59 Å². The summed E-state index contributed by atoms with van der Waals surface area (Å²) < 4.78 is 12.0. The van der Waals surface area contributed by atoms with Crippen LogP contribution in [0, 0.1) is 5.41 Å². The predicted octanol–water partition coefficient (Wildman–Crippen LogP) is 5.93. The van der Waals surface area contributed by atoms with Crippen molar-refractivity contribution < 1.29 is 19.1 Å². The zero-order chi connectivity index (χ0) is 24.1. The standard InChI is InChI=1S/C26H49NO4/c1-11-25(8,9)31-20-18-23(4,5)27(24(6,7)19-20)16-17-30-22(29)15-14-21(28)26(10,12-2)13-3/h20H,11-19H2,1-10H3. The van der Waals surface area contributed by atoms with Crippen molar-refractivity contribution in [2.45, 2.75) is 137 Å². The van der Waals surface area contributed by atoms with Crippen molar-refractivity contribution in [1.82, 2.24) is 4.90 Å². The zero-order valence-corrected chi connectivity index (χ0v) is 22.0. The number of carbonyl (C=O) groups excluding carboxylic acids is 2. The molecule has 182 valence electrons. The quantitative estimate of drug-likeness (QED) is 0.353. The van der Waals surface area contributed by atoms with Crippen LogP contribution < -0.4 is 0 Å². The van der Waals surface area contributed by atoms with Crippen molar-refractivity contribution in [3.63, 3.8) is 0 Å². The van der Waals surface area contributed by atoms with Crippen molar-refractivity contribution in [2.75, 3.05) is 13.2 Å². The molecule has 0 aliphatic carbocycles. The van der Waals surface area contributed by atoms with Crippen LogP contribution >= 0.6 is 0 Å². The van der Waals surface area contributed by atoms with Crippen LogP contribution in [0.25, 0.3) is 0 Å². The molecule has 1 aliphatic rings. The number of rotatable bonds is 12. The Bertz CT molecular complexity index is 587. The molecule has 0 spiro atoms. The Morgan fingerprint density at radius 2 is 1.42 bits per heavy atom. The number of ether oxygens (including phenoxy) is 2. The van der Waals surface area contributed by atoms with Crippen LogP contribution in [0.4, 0.5) is 0 Å². The van der Waals surface area contributed by atoms with Crippen molar-refractivity contribution in [3.05, 3.63) is 0 Å². The summed E-state index contributed by atoms with van der Waals surface area (Å²) in [6.07, 6.45) is 5.16. The van der Waals surface area contributed by atoms with Crippen LogP contribution in [0.1, 0.15) is 114 Å². The number of Topliss-reactive ketones (excluding diaryl/α,β-unsaturated/α-hetero) is 1. The van der Waals surface area contributed by atoms with E-state index < -0.39 is 0 Å². The first-order chi connectivity index (χ1) is 14.1. The third-order valence-corrected chi connectivity index (χ3v) is 7.62. The van der Waals surface area contributed by atoms with E-state index >= 15 is 0 Å². The number of hydrogen-bond donors (Lipinski definition) is 0. The maximum Gasteiger partial charge on any atom is 0.306 e. The van der Waals surface area contributed by atoms with E-state index in [4.69, 9.17) is 9.47 Å². The lowest BCUT2D eigenvalue weighted by Gasteiger charge is -2.55. The van der Waals surface area contributed by atoms with Gasteiger partial charge in [-0.2, -0.15) is 0 Å². The molecule has 1 saturated heterocycles. The third-order valence-electron chi connectivity index (χ3n) is 7.62. The first-order valence-corrected chi connectivity index (χ1v) is 12.3. The smallest absolute Gasteiger partial charge is 0.306 e. The Morgan fingerprint density at radius 1 is 0.903 bits per heavy atom. The molecule has 31 heavy (non-hydrogen) atoms. The number of piperidine rings is 1. The maximum atomic E-state index is 12.4. The van der Waals surface area contributed by atoms with Gasteiger partial charge < -0.3 is 9.47 Å². The Kier molecular flexibility index (Phi) is 9.77. The highest BCUT2D eigenvalue weighted by Crippen LogP contribution is 2.40. The lowest BCUT2D eigenvalue weighted by molar-refractivity contribution is -0.159. The molecule has 1 fully saturated rings. The zero-order valence-electron chi connectivity index (χ0n) is 22.0. The molecule has 0 aromatic carbocycles. The van der Waals surface area contributed by atoms with Gasteiger partial charge in [-0.15, -0.1) is 0 Å². The van der Waals surface area contributed by atoms with Crippen molar-refractivity contribution in [1.29, 1.82) is 0 Å². The normalized spacial score (nSPS) is 19.9. The number of ketones is 1. The van der Waals surface area contributed by atoms with E-state index in [-0.39, 0.29) is 52.8 Å². The molecule has 1 heterocycles. The summed E-state index contributed by atoms with van der Waals surface area (Å²) in [5.74, 6) is -0.116. The van der Waals surface area contributed by atoms with Gasteiger partial charge in [0.2, 0.25) is 0 Å². The Hall–Kier alpha value is -0.940. The minimum atomic E-state index is -0.326. The number of esters is 1. The largest absolute Gasteiger partial charge is 0.464 e. The molecule has 5 nitrogen and oxygen atoms in total. The van der Waals surface area contributed by atoms with Gasteiger partial charge in [0, 0.05) is 29.5 Å². The van der Waals surface area contributed by atoms with Crippen LogP contribution in [-0.2, 0) is 19.1 Å². The van der Waals surface area contributed by atoms with Gasteiger partial charge in [-0.05, 0) is 73.6 Å². The van der Waals surface area contributed by atoms with Crippen molar-refractivity contribution in [2.24, 2.45) is 5.41 Å². The van der Waals surface area contributed by atoms with Crippen molar-refractivity contribution in [3.8, 4) is 0 Å². The van der Waals surface area contributed by atoms with Gasteiger partial charge in [0.1, 0.15) is 12.4 Å². The van der Waals surface area contributed by atoms with Gasteiger partial charge in [-0.1, -0.05) is 27.7 Å². The minimum absolute atomic E-state index is 0.0529. The molecular weight excluding hydrogens is 390 g/mol. The van der Waals surface area contributed by atoms with Gasteiger partial charge in [0.15, 0.2) is 0 Å². The topological polar surface area (TPSA) is 55.8 Å². The second kappa shape index (κ2) is 10.8. The summed E-state index contributed by atoms with van der Waals surface area (Å²) in [5, 5.41) is 0. The Balaban J connectivity index is 2.59. The molecule has 0 N–H and O–H groups in total. The van der Waals surface area contributed by atoms with Crippen LogP contribution in [0.2, 0.25) is 0 Å². The second-order valence-corrected chi connectivity index (χ2v) is 11.4. The van der Waals surface area contributed by atoms with Gasteiger partial charge in [-0.3, -0.25) is 14.5 Å². The van der Waals surface area contributed by atoms with Gasteiger partial charge in [0.25, 0.3) is 0 Å². The van der Waals surface area contributed by atoms with Crippen LogP contribution in [0.5, 0.6) is 0 Å². The molecule has 0 atom stereocenters. The predicted molar refractivity (Wildman–Crippen MR) is 127 cm³/mol. The lowest BCUT2D eigenvalue weighted by atomic mass is 9.78. The molecule has 0 amide bonds. The average molecular weight is 440 g/mol. The molecule has 0 bridgehead atoms. The summed E-state index contributed by atoms with van der Waals surface area (Å²) in [5.41, 5.74) is -0.546. The average Bonchev–Trinajstić information content (AvgIpc) is 2.66. The molecule has 0 aromatic heterocycles. The Labute approximate surface area is 191 Å². The van der Waals surface area contributed by atoms with E-state index in [2.05, 4.69) is 53.4 Å². The molecular formula is C26H49NO4. The monoisotopic (exact) mass is 439 g/mol. The molecule has 0 saturated carbocycles. The van der Waals surface area contributed by atoms with Crippen molar-refractivity contribution >= 4 is 11.8 Å². The van der Waals surface area contributed by atoms with Gasteiger partial charge in [-0.25, -0.2) is 0 Å². The molecule has 1 aliphatic heterocycles. The molecule has 0 radical (unpaired) electrons. The first kappa shape index (κ1) is 28.1. The molecule has 0 aromatic rings. The highest BCUT2D eigenvalue weighted by atomic mass is 16.5. The minimum Gasteiger partial charge on any atom is -0.464 e. The Morgan fingerprint density at radius 3 is 1.87 bits per heavy atom. The highest BCUT2D eigenvalue weighted by molar-refractivity contribution is 5.87. The van der Waals surface area contributed by atoms with E-state index in [1.54, 1.807) is 0 Å². The number of carbonyl (C=O) groups is 2. The summed E-state index contributed by atoms with van der Waals surface area (Å²) in [7, 11) is 0. The lowest BCUT2D eigenvalue weighted by Crippen LogP contribution is -2.63. The van der Waals surface area contributed by atoms with E-state index in [0.717, 1.165) is 32.1 Å². The van der Waals surface area contributed by atoms with Crippen LogP contribution in [0.15, 0.2) is 0 Å². The molecule has 1 rings (SSSR count). The summed E-state index contributed by atoms with van der Waals surface area (Å²) >= 11 is 0. The summed E-state index contributed by atoms with van der Waals surface area (Å²) in [4.78, 5) is 27.1. The summed E-state index contributed by atoms with van der Waals surface area (Å²) in [6, 6.07) is 0. The third kappa shape index (κ3) is 7.85. The fourth-order valence-electron chi connectivity index (χ4n) is 4.93. The fraction of sp³-hybridized carbons (Fsp3) is 0.923. The number of likely N-dealkylation sites (tertiary alicyclic amines) is 1. The first-order valence-electron chi connectivity index (χ1n) is 12.3. The second-order valence-electron chi connectivity index (χ2n) is 11.4. The maximum absolute atomic E-state index is 12.4. The van der Waals surface area contributed by atoms with E-state index in [0.29, 0.717) is 13.2 Å². The van der Waals surface area contributed by atoms with Gasteiger partial charge >= 0.3 is 5.97 Å². The fourth-order valence-corrected chi connectivity index (χ4v) is 4.93.